The van der Waals surface area contributed by atoms with Crippen LogP contribution in [0.15, 0.2) is 0 Å². The van der Waals surface area contributed by atoms with Crippen LogP contribution in [0.5, 0.6) is 0 Å². The van der Waals surface area contributed by atoms with Crippen LogP contribution in [0.3, 0.4) is 0 Å². The topological polar surface area (TPSA) is 75.6 Å². The summed E-state index contributed by atoms with van der Waals surface area (Å²) in [5.74, 6) is -1.10. The van der Waals surface area contributed by atoms with Gasteiger partial charge in [-0.15, -0.1) is 0 Å². The van der Waals surface area contributed by atoms with Gasteiger partial charge in [-0.25, -0.2) is 4.79 Å². The summed E-state index contributed by atoms with van der Waals surface area (Å²) in [7, 11) is 0. The van der Waals surface area contributed by atoms with E-state index < -0.39 is 12.0 Å². The summed E-state index contributed by atoms with van der Waals surface area (Å²) in [4.78, 5) is 22.6. The van der Waals surface area contributed by atoms with Crippen molar-refractivity contribution in [2.75, 3.05) is 6.61 Å². The molecule has 1 amide bonds. The molecule has 5 nitrogen and oxygen atoms in total. The van der Waals surface area contributed by atoms with Crippen molar-refractivity contribution in [3.05, 3.63) is 0 Å². The van der Waals surface area contributed by atoms with E-state index in [9.17, 15) is 9.59 Å². The Bertz CT molecular complexity index is 285. The van der Waals surface area contributed by atoms with Gasteiger partial charge >= 0.3 is 5.97 Å². The van der Waals surface area contributed by atoms with Crippen molar-refractivity contribution in [2.24, 2.45) is 5.92 Å². The maximum atomic E-state index is 11.6. The van der Waals surface area contributed by atoms with Crippen LogP contribution < -0.4 is 5.32 Å². The van der Waals surface area contributed by atoms with Gasteiger partial charge in [-0.1, -0.05) is 26.7 Å². The Balaban J connectivity index is 2.29. The molecule has 0 radical (unpaired) electrons. The maximum absolute atomic E-state index is 11.6. The summed E-state index contributed by atoms with van der Waals surface area (Å²) in [6.45, 7) is 3.82. The minimum absolute atomic E-state index is 0.0352. The predicted octanol–water partition coefficient (Wildman–Crippen LogP) is 1.56. The fourth-order valence-electron chi connectivity index (χ4n) is 2.18. The van der Waals surface area contributed by atoms with Gasteiger partial charge in [0, 0.05) is 0 Å². The molecule has 0 aromatic heterocycles. The largest absolute Gasteiger partial charge is 0.480 e. The van der Waals surface area contributed by atoms with Crippen molar-refractivity contribution < 1.29 is 19.4 Å². The van der Waals surface area contributed by atoms with E-state index in [1.807, 2.05) is 13.8 Å². The number of carboxylic acid groups (broad SMARTS) is 1. The lowest BCUT2D eigenvalue weighted by Crippen LogP contribution is -2.43. The molecular formula is C13H23NO4. The quantitative estimate of drug-likeness (QED) is 0.725. The third-order valence-electron chi connectivity index (χ3n) is 3.09. The molecule has 0 aromatic rings. The average molecular weight is 257 g/mol. The number of hydrogen-bond donors (Lipinski definition) is 2. The summed E-state index contributed by atoms with van der Waals surface area (Å²) in [6.07, 6.45) is 4.91. The Morgan fingerprint density at radius 3 is 2.44 bits per heavy atom. The van der Waals surface area contributed by atoms with E-state index in [0.29, 0.717) is 6.42 Å². The van der Waals surface area contributed by atoms with Crippen molar-refractivity contribution in [3.63, 3.8) is 0 Å². The Morgan fingerprint density at radius 1 is 1.33 bits per heavy atom. The molecule has 1 rings (SSSR count). The van der Waals surface area contributed by atoms with Crippen molar-refractivity contribution in [1.82, 2.24) is 5.32 Å². The van der Waals surface area contributed by atoms with E-state index in [-0.39, 0.29) is 24.5 Å². The number of carbonyl (C=O) groups excluding carboxylic acids is 1. The molecule has 1 saturated carbocycles. The lowest BCUT2D eigenvalue weighted by atomic mass is 10.0. The summed E-state index contributed by atoms with van der Waals surface area (Å²) in [5.41, 5.74) is 0. The van der Waals surface area contributed by atoms with Crippen LogP contribution >= 0.6 is 0 Å². The first-order chi connectivity index (χ1) is 8.49. The number of ether oxygens (including phenoxy) is 1. The van der Waals surface area contributed by atoms with Crippen LogP contribution in [-0.2, 0) is 14.3 Å². The second-order valence-electron chi connectivity index (χ2n) is 5.31. The van der Waals surface area contributed by atoms with Gasteiger partial charge < -0.3 is 15.2 Å². The van der Waals surface area contributed by atoms with Crippen molar-refractivity contribution in [2.45, 2.75) is 58.1 Å². The highest BCUT2D eigenvalue weighted by atomic mass is 16.5. The molecule has 5 heteroatoms. The van der Waals surface area contributed by atoms with Crippen molar-refractivity contribution in [3.8, 4) is 0 Å². The zero-order valence-electron chi connectivity index (χ0n) is 11.1. The summed E-state index contributed by atoms with van der Waals surface area (Å²) in [6, 6.07) is -0.815. The number of nitrogens with one attached hydrogen (secondary N) is 1. The summed E-state index contributed by atoms with van der Waals surface area (Å²) >= 11 is 0. The van der Waals surface area contributed by atoms with E-state index in [0.717, 1.165) is 25.7 Å². The molecule has 0 aliphatic heterocycles. The van der Waals surface area contributed by atoms with Gasteiger partial charge in [0.2, 0.25) is 5.91 Å². The molecule has 1 fully saturated rings. The van der Waals surface area contributed by atoms with E-state index in [2.05, 4.69) is 5.32 Å². The number of carboxylic acids is 1. The highest BCUT2D eigenvalue weighted by Gasteiger charge is 2.22. The van der Waals surface area contributed by atoms with Gasteiger partial charge in [-0.05, 0) is 25.2 Å². The standard InChI is InChI=1S/C13H23NO4/c1-9(2)7-11(13(16)17)14-12(15)8-18-10-5-3-4-6-10/h9-11H,3-8H2,1-2H3,(H,14,15)(H,16,17). The predicted molar refractivity (Wildman–Crippen MR) is 67.2 cm³/mol. The van der Waals surface area contributed by atoms with Crippen LogP contribution in [0.2, 0.25) is 0 Å². The third-order valence-corrected chi connectivity index (χ3v) is 3.09. The molecule has 1 aliphatic rings. The van der Waals surface area contributed by atoms with Crippen LogP contribution in [-0.4, -0.2) is 35.7 Å². The lowest BCUT2D eigenvalue weighted by molar-refractivity contribution is -0.143. The number of rotatable bonds is 7. The van der Waals surface area contributed by atoms with Gasteiger partial charge in [-0.2, -0.15) is 0 Å². The Morgan fingerprint density at radius 2 is 1.94 bits per heavy atom. The first-order valence-electron chi connectivity index (χ1n) is 6.62. The number of aliphatic carboxylic acids is 1. The highest BCUT2D eigenvalue weighted by Crippen LogP contribution is 2.20. The molecular weight excluding hydrogens is 234 g/mol. The van der Waals surface area contributed by atoms with E-state index in [4.69, 9.17) is 9.84 Å². The number of carbonyl (C=O) groups is 2. The number of hydrogen-bond acceptors (Lipinski definition) is 3. The molecule has 1 unspecified atom stereocenters. The molecule has 0 heterocycles. The molecule has 18 heavy (non-hydrogen) atoms. The van der Waals surface area contributed by atoms with Crippen LogP contribution in [0, 0.1) is 5.92 Å². The van der Waals surface area contributed by atoms with Gasteiger partial charge in [0.05, 0.1) is 6.10 Å². The third kappa shape index (κ3) is 5.49. The fourth-order valence-corrected chi connectivity index (χ4v) is 2.18. The summed E-state index contributed by atoms with van der Waals surface area (Å²) < 4.78 is 5.45. The minimum atomic E-state index is -0.988. The molecule has 0 saturated heterocycles. The van der Waals surface area contributed by atoms with Gasteiger partial charge in [0.25, 0.3) is 0 Å². The lowest BCUT2D eigenvalue weighted by Gasteiger charge is -2.17. The molecule has 0 bridgehead atoms. The summed E-state index contributed by atoms with van der Waals surface area (Å²) in [5, 5.41) is 11.5. The molecule has 0 aromatic carbocycles. The zero-order chi connectivity index (χ0) is 13.5. The van der Waals surface area contributed by atoms with Crippen LogP contribution in [0.4, 0.5) is 0 Å². The molecule has 104 valence electrons. The van der Waals surface area contributed by atoms with Crippen LogP contribution in [0.25, 0.3) is 0 Å². The molecule has 0 spiro atoms. The second kappa shape index (κ2) is 7.36. The van der Waals surface area contributed by atoms with Crippen LogP contribution in [0.1, 0.15) is 46.0 Å². The van der Waals surface area contributed by atoms with E-state index in [1.54, 1.807) is 0 Å². The molecule has 1 aliphatic carbocycles. The van der Waals surface area contributed by atoms with Crippen molar-refractivity contribution in [1.29, 1.82) is 0 Å². The Hall–Kier alpha value is -1.10. The normalized spacial score (nSPS) is 17.9. The Kier molecular flexibility index (Phi) is 6.12. The minimum Gasteiger partial charge on any atom is -0.480 e. The van der Waals surface area contributed by atoms with Gasteiger partial charge in [-0.3, -0.25) is 4.79 Å². The monoisotopic (exact) mass is 257 g/mol. The van der Waals surface area contributed by atoms with Gasteiger partial charge in [0.15, 0.2) is 0 Å². The maximum Gasteiger partial charge on any atom is 0.326 e. The zero-order valence-corrected chi connectivity index (χ0v) is 11.1. The highest BCUT2D eigenvalue weighted by molar-refractivity contribution is 5.84. The van der Waals surface area contributed by atoms with E-state index in [1.165, 1.54) is 0 Å². The molecule has 1 atom stereocenters. The first-order valence-corrected chi connectivity index (χ1v) is 6.62. The first kappa shape index (κ1) is 15.0. The Labute approximate surface area is 108 Å². The molecule has 2 N–H and O–H groups in total. The van der Waals surface area contributed by atoms with Gasteiger partial charge in [0.1, 0.15) is 12.6 Å². The SMILES string of the molecule is CC(C)CC(NC(=O)COC1CCCC1)C(=O)O. The fraction of sp³-hybridized carbons (Fsp3) is 0.846. The average Bonchev–Trinajstić information content (AvgIpc) is 2.77. The number of amides is 1. The smallest absolute Gasteiger partial charge is 0.326 e. The second-order valence-corrected chi connectivity index (χ2v) is 5.31. The van der Waals surface area contributed by atoms with E-state index >= 15 is 0 Å². The van der Waals surface area contributed by atoms with Crippen molar-refractivity contribution >= 4 is 11.9 Å².